The molecule has 3 fully saturated rings. The van der Waals surface area contributed by atoms with Crippen molar-refractivity contribution >= 4 is 0 Å². The van der Waals surface area contributed by atoms with Gasteiger partial charge in [0.15, 0.2) is 0 Å². The van der Waals surface area contributed by atoms with E-state index in [-0.39, 0.29) is 0 Å². The molecule has 0 aromatic carbocycles. The van der Waals surface area contributed by atoms with Crippen LogP contribution >= 0.6 is 0 Å². The molecule has 0 saturated heterocycles. The Balaban J connectivity index is 1.51. The first-order valence-electron chi connectivity index (χ1n) is 12.3. The Hall–Kier alpha value is -0.520. The zero-order chi connectivity index (χ0) is 19.2. The van der Waals surface area contributed by atoms with E-state index >= 15 is 0 Å². The molecule has 0 aromatic rings. The van der Waals surface area contributed by atoms with E-state index in [1.54, 1.807) is 5.57 Å². The van der Waals surface area contributed by atoms with Gasteiger partial charge in [0, 0.05) is 0 Å². The Bertz CT molecular complexity index is 610. The van der Waals surface area contributed by atoms with Crippen molar-refractivity contribution in [3.8, 4) is 0 Å². The van der Waals surface area contributed by atoms with E-state index in [4.69, 9.17) is 0 Å². The first-order chi connectivity index (χ1) is 12.9. The summed E-state index contributed by atoms with van der Waals surface area (Å²) in [6, 6.07) is 0. The van der Waals surface area contributed by atoms with Gasteiger partial charge in [-0.2, -0.15) is 0 Å². The summed E-state index contributed by atoms with van der Waals surface area (Å²) in [6.07, 6.45) is 21.1. The monoisotopic (exact) mass is 368 g/mol. The summed E-state index contributed by atoms with van der Waals surface area (Å²) >= 11 is 0. The van der Waals surface area contributed by atoms with Gasteiger partial charge < -0.3 is 0 Å². The van der Waals surface area contributed by atoms with Gasteiger partial charge in [0.25, 0.3) is 0 Å². The summed E-state index contributed by atoms with van der Waals surface area (Å²) in [7, 11) is 0. The lowest BCUT2D eigenvalue weighted by Gasteiger charge is -2.55. The van der Waals surface area contributed by atoms with Crippen LogP contribution in [0, 0.1) is 40.4 Å². The summed E-state index contributed by atoms with van der Waals surface area (Å²) in [5.41, 5.74) is 4.77. The molecule has 0 aliphatic heterocycles. The Morgan fingerprint density at radius 2 is 1.85 bits per heavy atom. The topological polar surface area (TPSA) is 0 Å². The minimum Gasteiger partial charge on any atom is -0.0651 e. The average Bonchev–Trinajstić information content (AvgIpc) is 2.99. The molecule has 7 atom stereocenters. The van der Waals surface area contributed by atoms with Crippen molar-refractivity contribution in [3.63, 3.8) is 0 Å². The predicted molar refractivity (Wildman–Crippen MR) is 118 cm³/mol. The smallest absolute Gasteiger partial charge is 0.00474 e. The maximum Gasteiger partial charge on any atom is -0.00474 e. The lowest BCUT2D eigenvalue weighted by molar-refractivity contribution is 0.0611. The molecule has 4 aliphatic rings. The third-order valence-electron chi connectivity index (χ3n) is 9.96. The van der Waals surface area contributed by atoms with Gasteiger partial charge >= 0.3 is 0 Å². The third kappa shape index (κ3) is 3.28. The summed E-state index contributed by atoms with van der Waals surface area (Å²) in [6.45, 7) is 12.6. The Kier molecular flexibility index (Phi) is 5.41. The number of hydrogen-bond acceptors (Lipinski definition) is 0. The van der Waals surface area contributed by atoms with Crippen LogP contribution in [-0.4, -0.2) is 0 Å². The van der Waals surface area contributed by atoms with E-state index in [1.165, 1.54) is 70.6 Å². The molecule has 4 rings (SSSR count). The van der Waals surface area contributed by atoms with Crippen LogP contribution in [0.1, 0.15) is 105 Å². The minimum atomic E-state index is 0.493. The number of allylic oxidation sites excluding steroid dienone is 4. The Morgan fingerprint density at radius 3 is 2.63 bits per heavy atom. The number of fused-ring (bicyclic) bond motifs is 5. The molecule has 0 heterocycles. The minimum absolute atomic E-state index is 0.493. The highest BCUT2D eigenvalue weighted by atomic mass is 14.6. The van der Waals surface area contributed by atoms with E-state index in [2.05, 4.69) is 46.8 Å². The predicted octanol–water partition coefficient (Wildman–Crippen LogP) is 8.34. The summed E-state index contributed by atoms with van der Waals surface area (Å²) < 4.78 is 0. The van der Waals surface area contributed by atoms with Crippen LogP contribution in [-0.2, 0) is 0 Å². The van der Waals surface area contributed by atoms with Crippen molar-refractivity contribution in [1.82, 2.24) is 0 Å². The molecule has 152 valence electrons. The standard InChI is InChI=1S/C27H44/c1-6-19(2)8-7-9-21-11-13-24-23-12-10-22-18-20(3)14-16-27(22,5)25(23)15-17-26(21,24)4/h10,12,19-21,24-25H,6-9,11,13-18H2,1-5H3/t19-,20+,21+,24+,25+,26-,27+/m1/s1. The zero-order valence-corrected chi connectivity index (χ0v) is 18.8. The van der Waals surface area contributed by atoms with Crippen LogP contribution in [0.2, 0.25) is 0 Å². The molecule has 0 unspecified atom stereocenters. The second-order valence-electron chi connectivity index (χ2n) is 11.5. The van der Waals surface area contributed by atoms with Gasteiger partial charge in [0.1, 0.15) is 0 Å². The maximum absolute atomic E-state index is 2.68. The SMILES string of the molecule is CC[C@@H](C)CCC[C@H]1CC[C@H]2C3=CC=C4C[C@@H](C)CC[C@]4(C)[C@H]3CC[C@]12C. The molecule has 0 nitrogen and oxygen atoms in total. The van der Waals surface area contributed by atoms with Crippen LogP contribution in [0.4, 0.5) is 0 Å². The van der Waals surface area contributed by atoms with E-state index < -0.39 is 0 Å². The van der Waals surface area contributed by atoms with Crippen molar-refractivity contribution in [3.05, 3.63) is 23.3 Å². The van der Waals surface area contributed by atoms with Gasteiger partial charge in [-0.25, -0.2) is 0 Å². The molecule has 27 heavy (non-hydrogen) atoms. The van der Waals surface area contributed by atoms with Crippen LogP contribution in [0.15, 0.2) is 23.3 Å². The van der Waals surface area contributed by atoms with Gasteiger partial charge in [-0.15, -0.1) is 0 Å². The van der Waals surface area contributed by atoms with Gasteiger partial charge in [0.2, 0.25) is 0 Å². The second-order valence-corrected chi connectivity index (χ2v) is 11.5. The lowest BCUT2D eigenvalue weighted by Crippen LogP contribution is -2.45. The van der Waals surface area contributed by atoms with Crippen molar-refractivity contribution in [2.75, 3.05) is 0 Å². The normalized spacial score (nSPS) is 44.6. The second kappa shape index (κ2) is 7.38. The highest BCUT2D eigenvalue weighted by molar-refractivity contribution is 5.38. The lowest BCUT2D eigenvalue weighted by atomic mass is 9.50. The molecule has 0 heteroatoms. The van der Waals surface area contributed by atoms with Gasteiger partial charge in [-0.1, -0.05) is 77.2 Å². The van der Waals surface area contributed by atoms with Crippen molar-refractivity contribution < 1.29 is 0 Å². The van der Waals surface area contributed by atoms with Gasteiger partial charge in [-0.05, 0) is 91.8 Å². The molecular formula is C27H44. The van der Waals surface area contributed by atoms with E-state index in [1.807, 2.05) is 5.57 Å². The maximum atomic E-state index is 2.68. The largest absolute Gasteiger partial charge is 0.0651 e. The quantitative estimate of drug-likeness (QED) is 0.457. The van der Waals surface area contributed by atoms with Crippen molar-refractivity contribution in [1.29, 1.82) is 0 Å². The van der Waals surface area contributed by atoms with E-state index in [9.17, 15) is 0 Å². The van der Waals surface area contributed by atoms with Gasteiger partial charge in [0.05, 0.1) is 0 Å². The fourth-order valence-electron chi connectivity index (χ4n) is 7.68. The third-order valence-corrected chi connectivity index (χ3v) is 9.96. The first-order valence-corrected chi connectivity index (χ1v) is 12.3. The summed E-state index contributed by atoms with van der Waals surface area (Å²) in [4.78, 5) is 0. The molecule has 0 spiro atoms. The van der Waals surface area contributed by atoms with E-state index in [0.717, 1.165) is 29.6 Å². The molecule has 0 radical (unpaired) electrons. The Labute approximate surface area is 169 Å². The van der Waals surface area contributed by atoms with Crippen LogP contribution in [0.25, 0.3) is 0 Å². The fourth-order valence-corrected chi connectivity index (χ4v) is 7.68. The Morgan fingerprint density at radius 1 is 1.04 bits per heavy atom. The molecule has 0 bridgehead atoms. The zero-order valence-electron chi connectivity index (χ0n) is 18.8. The summed E-state index contributed by atoms with van der Waals surface area (Å²) in [5.74, 6) is 4.55. The van der Waals surface area contributed by atoms with Gasteiger partial charge in [-0.3, -0.25) is 0 Å². The molecule has 0 aromatic heterocycles. The van der Waals surface area contributed by atoms with Crippen LogP contribution in [0.3, 0.4) is 0 Å². The van der Waals surface area contributed by atoms with Crippen molar-refractivity contribution in [2.24, 2.45) is 40.4 Å². The summed E-state index contributed by atoms with van der Waals surface area (Å²) in [5, 5.41) is 0. The average molecular weight is 369 g/mol. The number of hydrogen-bond donors (Lipinski definition) is 0. The van der Waals surface area contributed by atoms with Crippen LogP contribution < -0.4 is 0 Å². The molecule has 3 saturated carbocycles. The molecule has 4 aliphatic carbocycles. The number of rotatable bonds is 5. The fraction of sp³-hybridized carbons (Fsp3) is 0.852. The van der Waals surface area contributed by atoms with Crippen molar-refractivity contribution in [2.45, 2.75) is 105 Å². The van der Waals surface area contributed by atoms with Crippen LogP contribution in [0.5, 0.6) is 0 Å². The molecular weight excluding hydrogens is 324 g/mol. The highest BCUT2D eigenvalue weighted by Crippen LogP contribution is 2.65. The first kappa shape index (κ1) is 19.8. The highest BCUT2D eigenvalue weighted by Gasteiger charge is 2.55. The molecule has 0 amide bonds. The van der Waals surface area contributed by atoms with E-state index in [0.29, 0.717) is 10.8 Å². The molecule has 0 N–H and O–H groups in total.